The van der Waals surface area contributed by atoms with Crippen LogP contribution in [0.2, 0.25) is 0 Å². The zero-order valence-corrected chi connectivity index (χ0v) is 16.6. The first-order valence-corrected chi connectivity index (χ1v) is 9.97. The van der Waals surface area contributed by atoms with Gasteiger partial charge in [-0.1, -0.05) is 66.7 Å². The molecule has 0 saturated heterocycles. The van der Waals surface area contributed by atoms with Crippen LogP contribution in [0.4, 0.5) is 4.39 Å². The number of hydrogen-bond donors (Lipinski definition) is 1. The Hall–Kier alpha value is -4.06. The zero-order chi connectivity index (χ0) is 21.2. The lowest BCUT2D eigenvalue weighted by atomic mass is 10.1. The van der Waals surface area contributed by atoms with E-state index in [1.165, 1.54) is 6.20 Å². The SMILES string of the molecule is Oc1c(Cc2cccnc2F)nc2c(Cc3ccccc3)nc(-c3ccccc3)cn12. The molecule has 0 aliphatic carbocycles. The van der Waals surface area contributed by atoms with Crippen LogP contribution in [-0.2, 0) is 12.8 Å². The molecule has 3 aromatic heterocycles. The van der Waals surface area contributed by atoms with Crippen molar-refractivity contribution in [3.05, 3.63) is 114 Å². The molecule has 0 radical (unpaired) electrons. The Bertz CT molecular complexity index is 1350. The van der Waals surface area contributed by atoms with Gasteiger partial charge in [0.05, 0.1) is 11.4 Å². The number of rotatable bonds is 5. The number of hydrogen-bond acceptors (Lipinski definition) is 4. The summed E-state index contributed by atoms with van der Waals surface area (Å²) in [5.41, 5.74) is 4.80. The minimum Gasteiger partial charge on any atom is -0.493 e. The third kappa shape index (κ3) is 3.75. The van der Waals surface area contributed by atoms with E-state index in [0.29, 0.717) is 23.3 Å². The average Bonchev–Trinajstić information content (AvgIpc) is 3.12. The molecular formula is C25H19FN4O. The van der Waals surface area contributed by atoms with Crippen LogP contribution in [0.25, 0.3) is 16.9 Å². The highest BCUT2D eigenvalue weighted by atomic mass is 19.1. The molecule has 0 saturated carbocycles. The van der Waals surface area contributed by atoms with Crippen LogP contribution in [0, 0.1) is 5.95 Å². The van der Waals surface area contributed by atoms with Crippen molar-refractivity contribution >= 4 is 5.65 Å². The van der Waals surface area contributed by atoms with Gasteiger partial charge in [-0.3, -0.25) is 4.40 Å². The number of nitrogens with zero attached hydrogens (tertiary/aromatic N) is 4. The first kappa shape index (κ1) is 18.9. The number of fused-ring (bicyclic) bond motifs is 1. The largest absolute Gasteiger partial charge is 0.493 e. The molecule has 31 heavy (non-hydrogen) atoms. The standard InChI is InChI=1S/C25H19FN4O/c26-23-19(12-7-13-27-23)15-21-25(31)30-16-22(18-10-5-2-6-11-18)28-20(24(30)29-21)14-17-8-3-1-4-9-17/h1-13,16,31H,14-15H2. The summed E-state index contributed by atoms with van der Waals surface area (Å²) in [7, 11) is 0. The van der Waals surface area contributed by atoms with Gasteiger partial charge in [-0.2, -0.15) is 4.39 Å². The fourth-order valence-electron chi connectivity index (χ4n) is 3.65. The maximum absolute atomic E-state index is 14.1. The van der Waals surface area contributed by atoms with Crippen molar-refractivity contribution in [2.75, 3.05) is 0 Å². The first-order valence-electron chi connectivity index (χ1n) is 9.97. The molecule has 0 bridgehead atoms. The monoisotopic (exact) mass is 410 g/mol. The number of imidazole rings is 1. The lowest BCUT2D eigenvalue weighted by Gasteiger charge is -2.08. The predicted octanol–water partition coefficient (Wildman–Crippen LogP) is 4.82. The Balaban J connectivity index is 1.66. The first-order chi connectivity index (χ1) is 15.2. The van der Waals surface area contributed by atoms with Crippen LogP contribution >= 0.6 is 0 Å². The molecule has 152 valence electrons. The van der Waals surface area contributed by atoms with Gasteiger partial charge in [0, 0.05) is 36.4 Å². The highest BCUT2D eigenvalue weighted by Crippen LogP contribution is 2.28. The van der Waals surface area contributed by atoms with Gasteiger partial charge in [0.2, 0.25) is 11.8 Å². The van der Waals surface area contributed by atoms with Crippen LogP contribution in [-0.4, -0.2) is 24.5 Å². The molecule has 0 fully saturated rings. The van der Waals surface area contributed by atoms with Crippen molar-refractivity contribution in [1.29, 1.82) is 0 Å². The Labute approximate surface area is 178 Å². The molecule has 6 heteroatoms. The molecule has 0 spiro atoms. The minimum atomic E-state index is -0.563. The van der Waals surface area contributed by atoms with Crippen molar-refractivity contribution < 1.29 is 9.50 Å². The van der Waals surface area contributed by atoms with Crippen LogP contribution < -0.4 is 0 Å². The van der Waals surface area contributed by atoms with Gasteiger partial charge in [0.15, 0.2) is 5.65 Å². The second kappa shape index (κ2) is 7.99. The minimum absolute atomic E-state index is 0.0212. The van der Waals surface area contributed by atoms with Crippen molar-refractivity contribution in [1.82, 2.24) is 19.4 Å². The zero-order valence-electron chi connectivity index (χ0n) is 16.6. The third-order valence-corrected chi connectivity index (χ3v) is 5.20. The Morgan fingerprint density at radius 1 is 0.806 bits per heavy atom. The molecular weight excluding hydrogens is 391 g/mol. The van der Waals surface area contributed by atoms with E-state index < -0.39 is 5.95 Å². The fraction of sp³-hybridized carbons (Fsp3) is 0.0800. The summed E-state index contributed by atoms with van der Waals surface area (Å²) < 4.78 is 15.7. The fourth-order valence-corrected chi connectivity index (χ4v) is 3.65. The number of benzene rings is 2. The van der Waals surface area contributed by atoms with Crippen LogP contribution in [0.1, 0.15) is 22.5 Å². The molecule has 0 aliphatic rings. The molecule has 0 unspecified atom stereocenters. The second-order valence-corrected chi connectivity index (χ2v) is 7.31. The summed E-state index contributed by atoms with van der Waals surface area (Å²) in [5.74, 6) is -0.585. The van der Waals surface area contributed by atoms with E-state index in [9.17, 15) is 9.50 Å². The quantitative estimate of drug-likeness (QED) is 0.422. The number of aromatic hydroxyl groups is 1. The molecule has 5 nitrogen and oxygen atoms in total. The molecule has 5 rings (SSSR count). The van der Waals surface area contributed by atoms with Gasteiger partial charge >= 0.3 is 0 Å². The van der Waals surface area contributed by atoms with Gasteiger partial charge in [-0.15, -0.1) is 0 Å². The van der Waals surface area contributed by atoms with Gasteiger partial charge in [0.25, 0.3) is 0 Å². The van der Waals surface area contributed by atoms with Gasteiger partial charge in [0.1, 0.15) is 5.69 Å². The van der Waals surface area contributed by atoms with E-state index in [0.717, 1.165) is 22.5 Å². The number of halogens is 1. The topological polar surface area (TPSA) is 63.3 Å². The van der Waals surface area contributed by atoms with Crippen LogP contribution in [0.3, 0.4) is 0 Å². The second-order valence-electron chi connectivity index (χ2n) is 7.31. The predicted molar refractivity (Wildman–Crippen MR) is 116 cm³/mol. The lowest BCUT2D eigenvalue weighted by Crippen LogP contribution is -2.00. The Kier molecular flexibility index (Phi) is 4.88. The summed E-state index contributed by atoms with van der Waals surface area (Å²) in [6, 6.07) is 23.1. The summed E-state index contributed by atoms with van der Waals surface area (Å²) in [5, 5.41) is 10.9. The van der Waals surface area contributed by atoms with Crippen LogP contribution in [0.15, 0.2) is 85.2 Å². The van der Waals surface area contributed by atoms with Crippen molar-refractivity contribution in [2.45, 2.75) is 12.8 Å². The molecule has 0 atom stereocenters. The smallest absolute Gasteiger partial charge is 0.219 e. The van der Waals surface area contributed by atoms with E-state index in [2.05, 4.69) is 9.97 Å². The van der Waals surface area contributed by atoms with Crippen molar-refractivity contribution in [3.8, 4) is 17.1 Å². The van der Waals surface area contributed by atoms with Crippen molar-refractivity contribution in [3.63, 3.8) is 0 Å². The molecule has 3 heterocycles. The summed E-state index contributed by atoms with van der Waals surface area (Å²) in [4.78, 5) is 13.2. The highest BCUT2D eigenvalue weighted by Gasteiger charge is 2.19. The summed E-state index contributed by atoms with van der Waals surface area (Å²) in [6.45, 7) is 0. The average molecular weight is 410 g/mol. The van der Waals surface area contributed by atoms with E-state index in [1.807, 2.05) is 60.7 Å². The summed E-state index contributed by atoms with van der Waals surface area (Å²) in [6.07, 6.45) is 3.86. The van der Waals surface area contributed by atoms with E-state index in [-0.39, 0.29) is 12.3 Å². The Morgan fingerprint density at radius 3 is 2.29 bits per heavy atom. The highest BCUT2D eigenvalue weighted by molar-refractivity contribution is 5.63. The maximum Gasteiger partial charge on any atom is 0.219 e. The van der Waals surface area contributed by atoms with Gasteiger partial charge in [-0.25, -0.2) is 15.0 Å². The maximum atomic E-state index is 14.1. The van der Waals surface area contributed by atoms with Crippen molar-refractivity contribution in [2.24, 2.45) is 0 Å². The molecule has 2 aromatic carbocycles. The van der Waals surface area contributed by atoms with Gasteiger partial charge < -0.3 is 5.11 Å². The summed E-state index contributed by atoms with van der Waals surface area (Å²) >= 11 is 0. The van der Waals surface area contributed by atoms with Crippen LogP contribution in [0.5, 0.6) is 5.88 Å². The third-order valence-electron chi connectivity index (χ3n) is 5.20. The number of aromatic nitrogens is 4. The van der Waals surface area contributed by atoms with Gasteiger partial charge in [-0.05, 0) is 11.6 Å². The lowest BCUT2D eigenvalue weighted by molar-refractivity contribution is 0.441. The molecule has 1 N–H and O–H groups in total. The molecule has 5 aromatic rings. The number of pyridine rings is 1. The van der Waals surface area contributed by atoms with E-state index >= 15 is 0 Å². The molecule has 0 aliphatic heterocycles. The van der Waals surface area contributed by atoms with E-state index in [1.54, 1.807) is 22.7 Å². The van der Waals surface area contributed by atoms with E-state index in [4.69, 9.17) is 4.98 Å². The normalized spacial score (nSPS) is 11.1. The molecule has 0 amide bonds. The Morgan fingerprint density at radius 2 is 1.55 bits per heavy atom.